The number of aliphatic hydroxyl groups is 4. The van der Waals surface area contributed by atoms with Gasteiger partial charge in [0.15, 0.2) is 0 Å². The zero-order valence-electron chi connectivity index (χ0n) is 11.6. The summed E-state index contributed by atoms with van der Waals surface area (Å²) in [5.41, 5.74) is 0. The van der Waals surface area contributed by atoms with Crippen molar-refractivity contribution in [3.63, 3.8) is 0 Å². The molecule has 8 nitrogen and oxygen atoms in total. The molecule has 1 fully saturated rings. The van der Waals surface area contributed by atoms with Crippen LogP contribution in [-0.2, 0) is 9.53 Å². The summed E-state index contributed by atoms with van der Waals surface area (Å²) in [6.07, 6.45) is -3.55. The van der Waals surface area contributed by atoms with Crippen LogP contribution in [0, 0.1) is 5.92 Å². The SMILES string of the molecule is CCC(C)[C@H](NCC1(O)O[C@H](CO)[C@@H](O)[C@@H]1O)C(=O)O. The lowest BCUT2D eigenvalue weighted by atomic mass is 9.98. The van der Waals surface area contributed by atoms with Crippen molar-refractivity contribution in [2.24, 2.45) is 5.92 Å². The maximum absolute atomic E-state index is 11.1. The molecular formula is C12H23NO7. The third kappa shape index (κ3) is 3.46. The Kier molecular flexibility index (Phi) is 5.87. The van der Waals surface area contributed by atoms with Gasteiger partial charge in [0.1, 0.15) is 24.4 Å². The van der Waals surface area contributed by atoms with Crippen molar-refractivity contribution in [2.45, 2.75) is 50.4 Å². The standard InChI is InChI=1S/C12H23NO7/c1-3-6(2)8(11(17)18)13-5-12(19)10(16)9(15)7(4-14)20-12/h6-10,13-16,19H,3-5H2,1-2H3,(H,17,18)/t6?,7-,8+,9-,10+,12?/m1/s1. The lowest BCUT2D eigenvalue weighted by Crippen LogP contribution is -2.54. The van der Waals surface area contributed by atoms with Gasteiger partial charge >= 0.3 is 5.97 Å². The fourth-order valence-electron chi connectivity index (χ4n) is 2.19. The van der Waals surface area contributed by atoms with Crippen LogP contribution in [0.3, 0.4) is 0 Å². The van der Waals surface area contributed by atoms with E-state index in [9.17, 15) is 20.1 Å². The molecule has 2 unspecified atom stereocenters. The Morgan fingerprint density at radius 3 is 2.45 bits per heavy atom. The van der Waals surface area contributed by atoms with Gasteiger partial charge in [-0.25, -0.2) is 0 Å². The highest BCUT2D eigenvalue weighted by molar-refractivity contribution is 5.73. The molecule has 0 aromatic heterocycles. The number of hydrogen-bond acceptors (Lipinski definition) is 7. The molecule has 0 amide bonds. The lowest BCUT2D eigenvalue weighted by Gasteiger charge is -2.29. The molecule has 0 aromatic rings. The highest BCUT2D eigenvalue weighted by atomic mass is 16.7. The van der Waals surface area contributed by atoms with Crippen LogP contribution < -0.4 is 5.32 Å². The van der Waals surface area contributed by atoms with E-state index in [0.29, 0.717) is 6.42 Å². The number of carboxylic acids is 1. The Bertz CT molecular complexity index is 340. The summed E-state index contributed by atoms with van der Waals surface area (Å²) < 4.78 is 5.02. The van der Waals surface area contributed by atoms with E-state index in [2.05, 4.69) is 5.32 Å². The summed E-state index contributed by atoms with van der Waals surface area (Å²) in [4.78, 5) is 11.1. The van der Waals surface area contributed by atoms with Crippen molar-refractivity contribution in [3.05, 3.63) is 0 Å². The van der Waals surface area contributed by atoms with Crippen LogP contribution in [0.15, 0.2) is 0 Å². The third-order valence-corrected chi connectivity index (χ3v) is 3.76. The average molecular weight is 293 g/mol. The largest absolute Gasteiger partial charge is 0.480 e. The molecule has 0 saturated carbocycles. The summed E-state index contributed by atoms with van der Waals surface area (Å²) >= 11 is 0. The minimum absolute atomic E-state index is 0.187. The predicted molar refractivity (Wildman–Crippen MR) is 67.8 cm³/mol. The maximum Gasteiger partial charge on any atom is 0.320 e. The molecule has 20 heavy (non-hydrogen) atoms. The van der Waals surface area contributed by atoms with Crippen LogP contribution in [0.1, 0.15) is 20.3 Å². The summed E-state index contributed by atoms with van der Waals surface area (Å²) in [7, 11) is 0. The molecule has 6 N–H and O–H groups in total. The van der Waals surface area contributed by atoms with Crippen molar-refractivity contribution in [2.75, 3.05) is 13.2 Å². The van der Waals surface area contributed by atoms with E-state index in [4.69, 9.17) is 14.9 Å². The molecular weight excluding hydrogens is 270 g/mol. The number of aliphatic carboxylic acids is 1. The Labute approximate surface area is 117 Å². The lowest BCUT2D eigenvalue weighted by molar-refractivity contribution is -0.227. The van der Waals surface area contributed by atoms with Crippen molar-refractivity contribution >= 4 is 5.97 Å². The normalized spacial score (nSPS) is 36.8. The number of nitrogens with one attached hydrogen (secondary N) is 1. The molecule has 1 rings (SSSR count). The molecule has 8 heteroatoms. The Balaban J connectivity index is 2.69. The van der Waals surface area contributed by atoms with Gasteiger partial charge in [0, 0.05) is 0 Å². The first kappa shape index (κ1) is 17.3. The number of hydrogen-bond donors (Lipinski definition) is 6. The molecule has 0 aromatic carbocycles. The number of rotatable bonds is 7. The Morgan fingerprint density at radius 1 is 1.45 bits per heavy atom. The maximum atomic E-state index is 11.1. The van der Waals surface area contributed by atoms with E-state index >= 15 is 0 Å². The molecule has 1 saturated heterocycles. The fourth-order valence-corrected chi connectivity index (χ4v) is 2.19. The average Bonchev–Trinajstić information content (AvgIpc) is 2.62. The van der Waals surface area contributed by atoms with Gasteiger partial charge in [-0.05, 0) is 5.92 Å². The summed E-state index contributed by atoms with van der Waals surface area (Å²) in [5, 5.41) is 50.1. The van der Waals surface area contributed by atoms with Crippen LogP contribution in [0.2, 0.25) is 0 Å². The highest BCUT2D eigenvalue weighted by Gasteiger charge is 2.53. The topological polar surface area (TPSA) is 139 Å². The van der Waals surface area contributed by atoms with Crippen molar-refractivity contribution in [3.8, 4) is 0 Å². The zero-order valence-corrected chi connectivity index (χ0v) is 11.6. The molecule has 0 aliphatic carbocycles. The van der Waals surface area contributed by atoms with Crippen LogP contribution in [0.4, 0.5) is 0 Å². The smallest absolute Gasteiger partial charge is 0.320 e. The quantitative estimate of drug-likeness (QED) is 0.313. The molecule has 0 spiro atoms. The van der Waals surface area contributed by atoms with E-state index in [1.165, 1.54) is 0 Å². The number of carboxylic acid groups (broad SMARTS) is 1. The Morgan fingerprint density at radius 2 is 2.05 bits per heavy atom. The van der Waals surface area contributed by atoms with E-state index in [1.807, 2.05) is 6.92 Å². The van der Waals surface area contributed by atoms with Gasteiger partial charge in [-0.2, -0.15) is 0 Å². The van der Waals surface area contributed by atoms with E-state index in [1.54, 1.807) is 6.92 Å². The molecule has 1 aliphatic heterocycles. The monoisotopic (exact) mass is 293 g/mol. The number of aliphatic hydroxyl groups excluding tert-OH is 3. The molecule has 118 valence electrons. The van der Waals surface area contributed by atoms with Gasteiger partial charge in [0.05, 0.1) is 13.2 Å². The molecule has 0 radical (unpaired) electrons. The van der Waals surface area contributed by atoms with Crippen LogP contribution in [0.25, 0.3) is 0 Å². The third-order valence-electron chi connectivity index (χ3n) is 3.76. The first-order chi connectivity index (χ1) is 9.26. The van der Waals surface area contributed by atoms with Gasteiger partial charge in [0.2, 0.25) is 5.79 Å². The van der Waals surface area contributed by atoms with Gasteiger partial charge < -0.3 is 30.3 Å². The minimum atomic E-state index is -2.13. The minimum Gasteiger partial charge on any atom is -0.480 e. The van der Waals surface area contributed by atoms with Crippen molar-refractivity contribution in [1.29, 1.82) is 0 Å². The molecule has 6 atom stereocenters. The van der Waals surface area contributed by atoms with Crippen LogP contribution in [-0.4, -0.2) is 74.8 Å². The summed E-state index contributed by atoms with van der Waals surface area (Å²) in [5.74, 6) is -3.39. The van der Waals surface area contributed by atoms with Crippen LogP contribution in [0.5, 0.6) is 0 Å². The molecule has 1 aliphatic rings. The second kappa shape index (κ2) is 6.79. The predicted octanol–water partition coefficient (Wildman–Crippen LogP) is -2.12. The van der Waals surface area contributed by atoms with E-state index in [0.717, 1.165) is 0 Å². The highest BCUT2D eigenvalue weighted by Crippen LogP contribution is 2.28. The number of ether oxygens (including phenoxy) is 1. The fraction of sp³-hybridized carbons (Fsp3) is 0.917. The second-order valence-corrected chi connectivity index (χ2v) is 5.20. The van der Waals surface area contributed by atoms with Crippen molar-refractivity contribution < 1.29 is 35.1 Å². The number of carbonyl (C=O) groups is 1. The van der Waals surface area contributed by atoms with Gasteiger partial charge in [-0.15, -0.1) is 0 Å². The summed E-state index contributed by atoms with van der Waals surface area (Å²) in [6.45, 7) is 2.65. The summed E-state index contributed by atoms with van der Waals surface area (Å²) in [6, 6.07) is -0.912. The first-order valence-electron chi connectivity index (χ1n) is 6.60. The van der Waals surface area contributed by atoms with Gasteiger partial charge in [0.25, 0.3) is 0 Å². The van der Waals surface area contributed by atoms with E-state index in [-0.39, 0.29) is 12.5 Å². The van der Waals surface area contributed by atoms with Gasteiger partial charge in [-0.3, -0.25) is 10.1 Å². The molecule has 0 bridgehead atoms. The van der Waals surface area contributed by atoms with E-state index < -0.39 is 42.7 Å². The van der Waals surface area contributed by atoms with Gasteiger partial charge in [-0.1, -0.05) is 20.3 Å². The zero-order chi connectivity index (χ0) is 15.5. The second-order valence-electron chi connectivity index (χ2n) is 5.20. The first-order valence-corrected chi connectivity index (χ1v) is 6.60. The molecule has 1 heterocycles. The van der Waals surface area contributed by atoms with Crippen LogP contribution >= 0.6 is 0 Å². The van der Waals surface area contributed by atoms with Crippen molar-refractivity contribution in [1.82, 2.24) is 5.32 Å². The Hall–Kier alpha value is -0.770.